The Kier molecular flexibility index (Phi) is 4.91. The van der Waals surface area contributed by atoms with E-state index >= 15 is 0 Å². The molecule has 1 aromatic rings. The predicted molar refractivity (Wildman–Crippen MR) is 92.1 cm³/mol. The lowest BCUT2D eigenvalue weighted by Crippen LogP contribution is -2.42. The Bertz CT molecular complexity index is 652. The van der Waals surface area contributed by atoms with Gasteiger partial charge in [-0.05, 0) is 33.8 Å². The number of anilines is 2. The Morgan fingerprint density at radius 2 is 1.96 bits per heavy atom. The number of amides is 2. The van der Waals surface area contributed by atoms with Crippen LogP contribution in [0.3, 0.4) is 0 Å². The van der Waals surface area contributed by atoms with Crippen LogP contribution < -0.4 is 15.4 Å². The summed E-state index contributed by atoms with van der Waals surface area (Å²) < 4.78 is 10.8. The smallest absolute Gasteiger partial charge is 0.411 e. The van der Waals surface area contributed by atoms with Crippen molar-refractivity contribution in [3.63, 3.8) is 0 Å². The lowest BCUT2D eigenvalue weighted by atomic mass is 10.1. The number of carbonyl (C=O) groups is 2. The highest BCUT2D eigenvalue weighted by Gasteiger charge is 2.32. The van der Waals surface area contributed by atoms with E-state index in [1.54, 1.807) is 37.8 Å². The van der Waals surface area contributed by atoms with E-state index in [-0.39, 0.29) is 19.0 Å². The third-order valence-electron chi connectivity index (χ3n) is 3.62. The maximum atomic E-state index is 12.6. The van der Waals surface area contributed by atoms with Gasteiger partial charge in [0.05, 0.1) is 19.3 Å². The molecule has 2 rings (SSSR count). The van der Waals surface area contributed by atoms with Crippen LogP contribution in [0.5, 0.6) is 5.75 Å². The summed E-state index contributed by atoms with van der Waals surface area (Å²) in [6, 6.07) is 3.44. The molecule has 0 radical (unpaired) electrons. The van der Waals surface area contributed by atoms with Crippen molar-refractivity contribution in [2.45, 2.75) is 39.8 Å². The van der Waals surface area contributed by atoms with Crippen LogP contribution in [-0.4, -0.2) is 42.7 Å². The second kappa shape index (κ2) is 6.59. The summed E-state index contributed by atoms with van der Waals surface area (Å²) in [7, 11) is 1.53. The van der Waals surface area contributed by atoms with Crippen molar-refractivity contribution in [2.24, 2.45) is 0 Å². The van der Waals surface area contributed by atoms with Crippen molar-refractivity contribution < 1.29 is 19.1 Å². The molecule has 7 heteroatoms. The van der Waals surface area contributed by atoms with Gasteiger partial charge in [0.25, 0.3) is 0 Å². The summed E-state index contributed by atoms with van der Waals surface area (Å²) in [5.41, 5.74) is 7.23. The predicted octanol–water partition coefficient (Wildman–Crippen LogP) is 2.38. The van der Waals surface area contributed by atoms with E-state index in [0.29, 0.717) is 23.7 Å². The molecular weight excluding hydrogens is 310 g/mol. The van der Waals surface area contributed by atoms with Gasteiger partial charge in [-0.15, -0.1) is 0 Å². The summed E-state index contributed by atoms with van der Waals surface area (Å²) in [5.74, 6) is 0.330. The molecule has 0 bridgehead atoms. The number of likely N-dealkylation sites (N-methyl/N-ethyl adjacent to an activating group) is 1. The monoisotopic (exact) mass is 335 g/mol. The van der Waals surface area contributed by atoms with Gasteiger partial charge < -0.3 is 20.1 Å². The molecule has 2 amide bonds. The van der Waals surface area contributed by atoms with E-state index in [1.165, 1.54) is 12.0 Å². The number of nitrogens with zero attached hydrogens (tertiary/aromatic N) is 2. The number of hydrogen-bond donors (Lipinski definition) is 1. The van der Waals surface area contributed by atoms with Crippen molar-refractivity contribution >= 4 is 23.4 Å². The van der Waals surface area contributed by atoms with Gasteiger partial charge >= 0.3 is 6.09 Å². The highest BCUT2D eigenvalue weighted by molar-refractivity contribution is 5.99. The Morgan fingerprint density at radius 3 is 2.50 bits per heavy atom. The maximum Gasteiger partial charge on any atom is 0.411 e. The van der Waals surface area contributed by atoms with Crippen LogP contribution in [0.25, 0.3) is 0 Å². The summed E-state index contributed by atoms with van der Waals surface area (Å²) in [6.07, 6.45) is -0.527. The van der Waals surface area contributed by atoms with Gasteiger partial charge in [0.2, 0.25) is 5.91 Å². The van der Waals surface area contributed by atoms with E-state index in [4.69, 9.17) is 15.2 Å². The van der Waals surface area contributed by atoms with Gasteiger partial charge in [-0.2, -0.15) is 0 Å². The van der Waals surface area contributed by atoms with Crippen LogP contribution in [0.4, 0.5) is 16.2 Å². The lowest BCUT2D eigenvalue weighted by Gasteiger charge is -2.26. The van der Waals surface area contributed by atoms with E-state index in [2.05, 4.69) is 0 Å². The molecule has 7 nitrogen and oxygen atoms in total. The number of ether oxygens (including phenoxy) is 2. The molecule has 1 aromatic carbocycles. The molecule has 0 spiro atoms. The first-order chi connectivity index (χ1) is 11.2. The number of hydrogen-bond acceptors (Lipinski definition) is 5. The molecule has 132 valence electrons. The summed E-state index contributed by atoms with van der Waals surface area (Å²) in [6.45, 7) is 7.89. The molecule has 2 N–H and O–H groups in total. The zero-order valence-electron chi connectivity index (χ0n) is 14.9. The van der Waals surface area contributed by atoms with E-state index in [1.807, 2.05) is 6.92 Å². The lowest BCUT2D eigenvalue weighted by molar-refractivity contribution is -0.119. The molecule has 1 aliphatic rings. The number of carbonyl (C=O) groups excluding carboxylic acids is 2. The van der Waals surface area contributed by atoms with Gasteiger partial charge in [-0.3, -0.25) is 9.69 Å². The normalized spacial score (nSPS) is 15.0. The molecule has 0 fully saturated rings. The first-order valence-corrected chi connectivity index (χ1v) is 7.91. The minimum atomic E-state index is -0.632. The summed E-state index contributed by atoms with van der Waals surface area (Å²) in [5, 5.41) is 0. The van der Waals surface area contributed by atoms with Crippen LogP contribution >= 0.6 is 0 Å². The van der Waals surface area contributed by atoms with Crippen LogP contribution in [0, 0.1) is 0 Å². The van der Waals surface area contributed by atoms with Crippen molar-refractivity contribution in [1.29, 1.82) is 0 Å². The van der Waals surface area contributed by atoms with Gasteiger partial charge in [-0.1, -0.05) is 0 Å². The van der Waals surface area contributed by atoms with E-state index < -0.39 is 11.7 Å². The number of nitrogens with two attached hydrogens (primary N) is 1. The maximum absolute atomic E-state index is 12.6. The zero-order chi connectivity index (χ0) is 18.1. The first-order valence-electron chi connectivity index (χ1n) is 7.91. The van der Waals surface area contributed by atoms with Crippen molar-refractivity contribution in [2.75, 3.05) is 30.8 Å². The first kappa shape index (κ1) is 17.9. The number of fused-ring (bicyclic) bond motifs is 1. The minimum Gasteiger partial charge on any atom is -0.494 e. The highest BCUT2D eigenvalue weighted by Crippen LogP contribution is 2.37. The van der Waals surface area contributed by atoms with Crippen LogP contribution in [0.1, 0.15) is 33.3 Å². The van der Waals surface area contributed by atoms with Gasteiger partial charge in [-0.25, -0.2) is 4.79 Å². The summed E-state index contributed by atoms with van der Waals surface area (Å²) >= 11 is 0. The minimum absolute atomic E-state index is 0.0551. The fraction of sp³-hybridized carbons (Fsp3) is 0.529. The van der Waals surface area contributed by atoms with E-state index in [9.17, 15) is 9.59 Å². The molecular formula is C17H25N3O4. The number of benzene rings is 1. The average Bonchev–Trinajstić information content (AvgIpc) is 2.60. The third kappa shape index (κ3) is 3.72. The fourth-order valence-electron chi connectivity index (χ4n) is 2.70. The van der Waals surface area contributed by atoms with Gasteiger partial charge in [0.15, 0.2) is 0 Å². The molecule has 1 heterocycles. The SMILES string of the molecule is CCN1C(=O)CN(C(=O)OC(C)(C)C)Cc2cc(N)cc(OC)c21. The third-order valence-corrected chi connectivity index (χ3v) is 3.62. The largest absolute Gasteiger partial charge is 0.494 e. The topological polar surface area (TPSA) is 85.1 Å². The van der Waals surface area contributed by atoms with Crippen molar-refractivity contribution in [3.05, 3.63) is 17.7 Å². The number of methoxy groups -OCH3 is 1. The van der Waals surface area contributed by atoms with Crippen molar-refractivity contribution in [3.8, 4) is 5.75 Å². The van der Waals surface area contributed by atoms with Crippen molar-refractivity contribution in [1.82, 2.24) is 4.90 Å². The second-order valence-electron chi connectivity index (χ2n) is 6.71. The molecule has 0 aliphatic carbocycles. The summed E-state index contributed by atoms with van der Waals surface area (Å²) in [4.78, 5) is 28.1. The number of nitrogen functional groups attached to an aromatic ring is 1. The fourth-order valence-corrected chi connectivity index (χ4v) is 2.70. The van der Waals surface area contributed by atoms with Gasteiger partial charge in [0, 0.05) is 23.9 Å². The Labute approximate surface area is 142 Å². The average molecular weight is 335 g/mol. The van der Waals surface area contributed by atoms with Crippen LogP contribution in [0.15, 0.2) is 12.1 Å². The standard InChI is InChI=1S/C17H25N3O4/c1-6-20-14(21)10-19(16(22)24-17(2,3)4)9-11-7-12(18)8-13(23-5)15(11)20/h7-8H,6,9-10,18H2,1-5H3. The highest BCUT2D eigenvalue weighted by atomic mass is 16.6. The Morgan fingerprint density at radius 1 is 1.29 bits per heavy atom. The molecule has 0 atom stereocenters. The molecule has 0 unspecified atom stereocenters. The zero-order valence-corrected chi connectivity index (χ0v) is 14.9. The molecule has 24 heavy (non-hydrogen) atoms. The Hall–Kier alpha value is -2.44. The molecule has 0 saturated carbocycles. The number of rotatable bonds is 2. The Balaban J connectivity index is 2.46. The second-order valence-corrected chi connectivity index (χ2v) is 6.71. The quantitative estimate of drug-likeness (QED) is 0.839. The molecule has 0 saturated heterocycles. The molecule has 0 aromatic heterocycles. The van der Waals surface area contributed by atoms with Crippen LogP contribution in [0.2, 0.25) is 0 Å². The van der Waals surface area contributed by atoms with Gasteiger partial charge in [0.1, 0.15) is 17.9 Å². The van der Waals surface area contributed by atoms with E-state index in [0.717, 1.165) is 5.56 Å². The molecule has 1 aliphatic heterocycles. The van der Waals surface area contributed by atoms with Crippen LogP contribution in [-0.2, 0) is 16.1 Å².